The molecule has 2 unspecified atom stereocenters. The number of nitrogens with one attached hydrogen (secondary N) is 2. The molecule has 1 saturated heterocycles. The zero-order chi connectivity index (χ0) is 24.1. The number of nitriles is 1. The van der Waals surface area contributed by atoms with Gasteiger partial charge in [0.15, 0.2) is 0 Å². The first-order valence-electron chi connectivity index (χ1n) is 11.1. The Balaban J connectivity index is 1.54. The van der Waals surface area contributed by atoms with E-state index in [0.29, 0.717) is 42.9 Å². The van der Waals surface area contributed by atoms with Crippen molar-refractivity contribution in [3.05, 3.63) is 68.1 Å². The second kappa shape index (κ2) is 10.5. The van der Waals surface area contributed by atoms with Crippen molar-refractivity contribution in [1.29, 1.82) is 5.26 Å². The number of ether oxygens (including phenoxy) is 1. The highest BCUT2D eigenvalue weighted by atomic mass is 16.5. The molecule has 2 heterocycles. The number of carbonyl (C=O) groups is 2. The summed E-state index contributed by atoms with van der Waals surface area (Å²) in [5, 5.41) is 12.1. The third kappa shape index (κ3) is 5.88. The maximum Gasteiger partial charge on any atom is 0.266 e. The van der Waals surface area contributed by atoms with Gasteiger partial charge in [0.05, 0.1) is 12.2 Å². The van der Waals surface area contributed by atoms with Crippen LogP contribution in [0, 0.1) is 25.2 Å². The summed E-state index contributed by atoms with van der Waals surface area (Å²) in [6.07, 6.45) is 0.700. The van der Waals surface area contributed by atoms with Gasteiger partial charge >= 0.3 is 0 Å². The van der Waals surface area contributed by atoms with E-state index >= 15 is 0 Å². The Morgan fingerprint density at radius 2 is 1.82 bits per heavy atom. The number of hydrogen-bond acceptors (Lipinski definition) is 5. The van der Waals surface area contributed by atoms with Gasteiger partial charge in [0, 0.05) is 37.3 Å². The Bertz CT molecular complexity index is 1120. The minimum atomic E-state index is -0.403. The quantitative estimate of drug-likeness (QED) is 0.701. The number of rotatable bonds is 6. The molecule has 0 radical (unpaired) electrons. The zero-order valence-electron chi connectivity index (χ0n) is 19.5. The van der Waals surface area contributed by atoms with Gasteiger partial charge in [-0.15, -0.1) is 0 Å². The highest BCUT2D eigenvalue weighted by Gasteiger charge is 2.26. The van der Waals surface area contributed by atoms with Crippen LogP contribution in [0.1, 0.15) is 58.6 Å². The molecule has 2 aromatic rings. The number of amides is 2. The number of pyridine rings is 1. The molecule has 0 spiro atoms. The molecule has 174 valence electrons. The summed E-state index contributed by atoms with van der Waals surface area (Å²) in [5.41, 5.74) is 3.31. The molecule has 1 aliphatic rings. The van der Waals surface area contributed by atoms with Crippen molar-refractivity contribution >= 4 is 11.8 Å². The maximum absolute atomic E-state index is 12.8. The number of nitrogens with zero attached hydrogens (tertiary/aromatic N) is 2. The Morgan fingerprint density at radius 3 is 2.42 bits per heavy atom. The van der Waals surface area contributed by atoms with Gasteiger partial charge in [-0.2, -0.15) is 5.26 Å². The molecule has 1 fully saturated rings. The minimum Gasteiger partial charge on any atom is -0.372 e. The second-order valence-corrected chi connectivity index (χ2v) is 8.61. The van der Waals surface area contributed by atoms with Crippen molar-refractivity contribution in [2.75, 3.05) is 13.1 Å². The van der Waals surface area contributed by atoms with Crippen LogP contribution in [0.15, 0.2) is 29.1 Å². The summed E-state index contributed by atoms with van der Waals surface area (Å²) < 4.78 is 5.69. The minimum absolute atomic E-state index is 0.0161. The molecular formula is C25H30N4O4. The number of benzene rings is 1. The third-order valence-electron chi connectivity index (χ3n) is 5.92. The van der Waals surface area contributed by atoms with E-state index in [1.807, 2.05) is 36.9 Å². The lowest BCUT2D eigenvalue weighted by atomic mass is 9.99. The van der Waals surface area contributed by atoms with E-state index in [1.165, 1.54) is 0 Å². The predicted octanol–water partition coefficient (Wildman–Crippen LogP) is 2.36. The van der Waals surface area contributed by atoms with E-state index in [0.717, 1.165) is 11.1 Å². The number of aromatic amines is 1. The molecule has 2 atom stereocenters. The standard InChI is InChI=1S/C25H30N4O4/c1-15-13-29(14-16(2)33-15)25(32)20-7-5-19(6-8-20)12-27-23(30)10-9-21-17(3)22(11-26)24(31)28-18(21)4/h5-8,15-16H,9-10,12-14H2,1-4H3,(H,27,30)(H,28,31). The van der Waals surface area contributed by atoms with E-state index in [1.54, 1.807) is 26.0 Å². The highest BCUT2D eigenvalue weighted by Crippen LogP contribution is 2.16. The van der Waals surface area contributed by atoms with Crippen LogP contribution in [-0.4, -0.2) is 47.0 Å². The number of hydrogen-bond donors (Lipinski definition) is 2. The molecule has 1 aliphatic heterocycles. The highest BCUT2D eigenvalue weighted by molar-refractivity contribution is 5.94. The number of carbonyl (C=O) groups excluding carboxylic acids is 2. The molecule has 8 nitrogen and oxygen atoms in total. The molecule has 2 N–H and O–H groups in total. The third-order valence-corrected chi connectivity index (χ3v) is 5.92. The van der Waals surface area contributed by atoms with Gasteiger partial charge in [-0.1, -0.05) is 12.1 Å². The van der Waals surface area contributed by atoms with E-state index in [9.17, 15) is 19.6 Å². The SMILES string of the molecule is Cc1[nH]c(=O)c(C#N)c(C)c1CCC(=O)NCc1ccc(C(=O)N2CC(C)OC(C)C2)cc1. The fourth-order valence-corrected chi connectivity index (χ4v) is 4.24. The first-order chi connectivity index (χ1) is 15.7. The van der Waals surface area contributed by atoms with Crippen LogP contribution in [0.3, 0.4) is 0 Å². The van der Waals surface area contributed by atoms with Crippen LogP contribution in [0.25, 0.3) is 0 Å². The summed E-state index contributed by atoms with van der Waals surface area (Å²) in [5.74, 6) is -0.147. The van der Waals surface area contributed by atoms with Gasteiger partial charge in [0.1, 0.15) is 11.6 Å². The lowest BCUT2D eigenvalue weighted by Crippen LogP contribution is -2.48. The molecule has 1 aromatic heterocycles. The zero-order valence-corrected chi connectivity index (χ0v) is 19.5. The molecule has 1 aromatic carbocycles. The molecule has 0 aliphatic carbocycles. The van der Waals surface area contributed by atoms with Crippen LogP contribution < -0.4 is 10.9 Å². The van der Waals surface area contributed by atoms with E-state index in [-0.39, 0.29) is 36.0 Å². The van der Waals surface area contributed by atoms with E-state index < -0.39 is 5.56 Å². The summed E-state index contributed by atoms with van der Waals surface area (Å²) in [6.45, 7) is 8.93. The lowest BCUT2D eigenvalue weighted by Gasteiger charge is -2.35. The van der Waals surface area contributed by atoms with Crippen molar-refractivity contribution in [1.82, 2.24) is 15.2 Å². The Hall–Kier alpha value is -3.44. The van der Waals surface area contributed by atoms with Gasteiger partial charge in [-0.3, -0.25) is 14.4 Å². The molecule has 2 amide bonds. The summed E-state index contributed by atoms with van der Waals surface area (Å²) in [4.78, 5) is 41.5. The van der Waals surface area contributed by atoms with Gasteiger partial charge in [-0.25, -0.2) is 0 Å². The molecule has 0 bridgehead atoms. The maximum atomic E-state index is 12.8. The predicted molar refractivity (Wildman–Crippen MR) is 124 cm³/mol. The van der Waals surface area contributed by atoms with Gasteiger partial charge in [0.2, 0.25) is 5.91 Å². The van der Waals surface area contributed by atoms with Crippen LogP contribution in [0.5, 0.6) is 0 Å². The number of H-pyrrole nitrogens is 1. The number of aryl methyl sites for hydroxylation is 1. The molecule has 0 saturated carbocycles. The first kappa shape index (κ1) is 24.2. The Labute approximate surface area is 193 Å². The van der Waals surface area contributed by atoms with E-state index in [4.69, 9.17) is 4.74 Å². The van der Waals surface area contributed by atoms with Crippen molar-refractivity contribution in [3.63, 3.8) is 0 Å². The topological polar surface area (TPSA) is 115 Å². The average Bonchev–Trinajstić information content (AvgIpc) is 2.76. The summed E-state index contributed by atoms with van der Waals surface area (Å²) >= 11 is 0. The smallest absolute Gasteiger partial charge is 0.266 e. The molecular weight excluding hydrogens is 420 g/mol. The molecule has 8 heteroatoms. The molecule has 3 rings (SSSR count). The monoisotopic (exact) mass is 450 g/mol. The second-order valence-electron chi connectivity index (χ2n) is 8.61. The first-order valence-corrected chi connectivity index (χ1v) is 11.1. The largest absolute Gasteiger partial charge is 0.372 e. The van der Waals surface area contributed by atoms with Crippen molar-refractivity contribution in [2.45, 2.75) is 59.3 Å². The van der Waals surface area contributed by atoms with Crippen LogP contribution in [0.2, 0.25) is 0 Å². The van der Waals surface area contributed by atoms with Crippen LogP contribution >= 0.6 is 0 Å². The van der Waals surface area contributed by atoms with Crippen LogP contribution in [-0.2, 0) is 22.5 Å². The van der Waals surface area contributed by atoms with E-state index in [2.05, 4.69) is 10.3 Å². The lowest BCUT2D eigenvalue weighted by molar-refractivity contribution is -0.121. The number of morpholine rings is 1. The van der Waals surface area contributed by atoms with Gasteiger partial charge in [-0.05, 0) is 62.9 Å². The fraction of sp³-hybridized carbons (Fsp3) is 0.440. The fourth-order valence-electron chi connectivity index (χ4n) is 4.24. The Morgan fingerprint density at radius 1 is 1.18 bits per heavy atom. The van der Waals surface area contributed by atoms with Gasteiger partial charge in [0.25, 0.3) is 11.5 Å². The van der Waals surface area contributed by atoms with Crippen molar-refractivity contribution < 1.29 is 14.3 Å². The average molecular weight is 451 g/mol. The van der Waals surface area contributed by atoms with Crippen LogP contribution in [0.4, 0.5) is 0 Å². The summed E-state index contributed by atoms with van der Waals surface area (Å²) in [7, 11) is 0. The normalized spacial score (nSPS) is 18.0. The summed E-state index contributed by atoms with van der Waals surface area (Å²) in [6, 6.07) is 9.18. The Kier molecular flexibility index (Phi) is 7.67. The number of aromatic nitrogens is 1. The molecule has 33 heavy (non-hydrogen) atoms. The van der Waals surface area contributed by atoms with Crippen molar-refractivity contribution in [3.8, 4) is 6.07 Å². The van der Waals surface area contributed by atoms with Crippen molar-refractivity contribution in [2.24, 2.45) is 0 Å². The van der Waals surface area contributed by atoms with Gasteiger partial charge < -0.3 is 19.9 Å².